The molecule has 0 unspecified atom stereocenters. The Labute approximate surface area is 251 Å². The zero-order valence-corrected chi connectivity index (χ0v) is 24.9. The van der Waals surface area contributed by atoms with Crippen LogP contribution in [0.3, 0.4) is 0 Å². The summed E-state index contributed by atoms with van der Waals surface area (Å²) in [4.78, 5) is 7.88. The first-order chi connectivity index (χ1) is 20.2. The second-order valence-electron chi connectivity index (χ2n) is 12.1. The van der Waals surface area contributed by atoms with E-state index in [9.17, 15) is 5.26 Å². The summed E-state index contributed by atoms with van der Waals surface area (Å²) >= 11 is 1.66. The predicted molar refractivity (Wildman–Crippen MR) is 174 cm³/mol. The Bertz CT molecular complexity index is 2000. The number of benzene rings is 4. The minimum absolute atomic E-state index is 0.0800. The van der Waals surface area contributed by atoms with Crippen LogP contribution in [0.5, 0.6) is 0 Å². The van der Waals surface area contributed by atoms with Gasteiger partial charge in [-0.05, 0) is 87.5 Å². The van der Waals surface area contributed by atoms with Gasteiger partial charge in [-0.25, -0.2) is 10.1 Å². The lowest BCUT2D eigenvalue weighted by Crippen LogP contribution is -2.17. The molecule has 42 heavy (non-hydrogen) atoms. The minimum Gasteiger partial charge on any atom is -0.310 e. The zero-order valence-electron chi connectivity index (χ0n) is 24.1. The molecule has 0 saturated heterocycles. The summed E-state index contributed by atoms with van der Waals surface area (Å²) in [6.07, 6.45) is 1.70. The molecule has 2 aliphatic carbocycles. The van der Waals surface area contributed by atoms with Gasteiger partial charge in [0, 0.05) is 37.6 Å². The van der Waals surface area contributed by atoms with Crippen molar-refractivity contribution < 1.29 is 0 Å². The number of para-hydroxylation sites is 1. The van der Waals surface area contributed by atoms with Gasteiger partial charge in [-0.2, -0.15) is 0 Å². The van der Waals surface area contributed by atoms with E-state index in [2.05, 4.69) is 135 Å². The van der Waals surface area contributed by atoms with E-state index in [0.29, 0.717) is 0 Å². The van der Waals surface area contributed by atoms with Crippen LogP contribution < -0.4 is 4.90 Å². The van der Waals surface area contributed by atoms with Crippen molar-refractivity contribution in [3.05, 3.63) is 141 Å². The van der Waals surface area contributed by atoms with Crippen molar-refractivity contribution >= 4 is 34.5 Å². The third-order valence-electron chi connectivity index (χ3n) is 8.96. The number of hydrogen-bond donors (Lipinski definition) is 0. The van der Waals surface area contributed by atoms with E-state index in [0.717, 1.165) is 21.9 Å². The molecule has 0 saturated carbocycles. The van der Waals surface area contributed by atoms with Gasteiger partial charge in [-0.1, -0.05) is 82.3 Å². The number of nitrogens with zero attached hydrogens (tertiary/aromatic N) is 3. The largest absolute Gasteiger partial charge is 0.310 e. The first-order valence-corrected chi connectivity index (χ1v) is 14.9. The van der Waals surface area contributed by atoms with Crippen molar-refractivity contribution in [2.45, 2.75) is 38.5 Å². The van der Waals surface area contributed by atoms with Gasteiger partial charge in [0.05, 0.1) is 12.6 Å². The lowest BCUT2D eigenvalue weighted by Gasteiger charge is -2.29. The highest BCUT2D eigenvalue weighted by Crippen LogP contribution is 2.55. The van der Waals surface area contributed by atoms with E-state index in [-0.39, 0.29) is 16.5 Å². The number of thiophene rings is 1. The fraction of sp³-hybridized carbons (Fsp3) is 0.158. The lowest BCUT2D eigenvalue weighted by atomic mass is 9.82. The maximum Gasteiger partial charge on any atom is 0.263 e. The second-order valence-corrected chi connectivity index (χ2v) is 13.2. The molecule has 1 heterocycles. The van der Waals surface area contributed by atoms with Gasteiger partial charge < -0.3 is 4.90 Å². The normalized spacial score (nSPS) is 15.1. The topological polar surface area (TPSA) is 31.4 Å². The molecule has 0 N–H and O–H groups in total. The van der Waals surface area contributed by atoms with E-state index in [1.54, 1.807) is 17.4 Å². The Kier molecular flexibility index (Phi) is 5.77. The Hall–Kier alpha value is -4.90. The smallest absolute Gasteiger partial charge is 0.263 e. The summed E-state index contributed by atoms with van der Waals surface area (Å²) in [5, 5.41) is 9.26. The highest BCUT2D eigenvalue weighted by atomic mass is 32.1. The molecule has 0 spiro atoms. The first kappa shape index (κ1) is 26.0. The maximum absolute atomic E-state index is 9.26. The zero-order chi connectivity index (χ0) is 29.2. The van der Waals surface area contributed by atoms with E-state index in [1.807, 2.05) is 6.07 Å². The van der Waals surface area contributed by atoms with Crippen LogP contribution in [0, 0.1) is 17.9 Å². The fourth-order valence-electron chi connectivity index (χ4n) is 6.76. The summed E-state index contributed by atoms with van der Waals surface area (Å²) < 4.78 is 0. The van der Waals surface area contributed by atoms with Crippen LogP contribution in [-0.2, 0) is 10.8 Å². The van der Waals surface area contributed by atoms with Crippen LogP contribution >= 0.6 is 11.3 Å². The number of hydrogen-bond acceptors (Lipinski definition) is 3. The Balaban J connectivity index is 1.36. The van der Waals surface area contributed by atoms with Crippen LogP contribution in [0.1, 0.15) is 54.8 Å². The molecule has 2 aliphatic rings. The average molecular weight is 560 g/mol. The number of fused-ring (bicyclic) bond motifs is 6. The monoisotopic (exact) mass is 559 g/mol. The summed E-state index contributed by atoms with van der Waals surface area (Å²) in [7, 11) is 0. The Morgan fingerprint density at radius 1 is 0.714 bits per heavy atom. The summed E-state index contributed by atoms with van der Waals surface area (Å²) in [5.41, 5.74) is 12.3. The van der Waals surface area contributed by atoms with E-state index < -0.39 is 0 Å². The SMILES string of the molecule is [C-]#[N+]/C(C#N)=C\c1cc2c(s1)-c1ccc(N(c3ccccc3)c3ccc4c(c3)C(C)(C)c3ccccc3-4)cc1C2(C)C. The van der Waals surface area contributed by atoms with Crippen molar-refractivity contribution in [2.24, 2.45) is 0 Å². The van der Waals surface area contributed by atoms with Gasteiger partial charge >= 0.3 is 0 Å². The molecule has 5 aromatic rings. The molecule has 4 aromatic carbocycles. The van der Waals surface area contributed by atoms with Crippen molar-refractivity contribution in [1.82, 2.24) is 0 Å². The summed E-state index contributed by atoms with van der Waals surface area (Å²) in [6, 6.07) is 37.2. The third kappa shape index (κ3) is 3.77. The maximum atomic E-state index is 9.26. The second kappa shape index (κ2) is 9.31. The molecule has 0 bridgehead atoms. The number of allylic oxidation sites excluding steroid dienone is 1. The van der Waals surface area contributed by atoms with Gasteiger partial charge in [0.2, 0.25) is 0 Å². The fourth-order valence-corrected chi connectivity index (χ4v) is 8.05. The van der Waals surface area contributed by atoms with Crippen LogP contribution in [0.4, 0.5) is 17.1 Å². The van der Waals surface area contributed by atoms with Crippen molar-refractivity contribution in [2.75, 3.05) is 4.90 Å². The quantitative estimate of drug-likeness (QED) is 0.162. The molecule has 3 nitrogen and oxygen atoms in total. The van der Waals surface area contributed by atoms with E-state index in [4.69, 9.17) is 6.57 Å². The standard InChI is InChI=1S/C38H29N3S/c1-37(2)32-14-10-9-13-29(32)30-17-15-26(20-33(30)37)41(25-11-7-6-8-12-25)27-16-18-31-34(21-27)38(3,4)35-22-28(42-36(31)35)19-24(23-39)40-5/h6-22H,1-4H3/b24-19-. The van der Waals surface area contributed by atoms with Gasteiger partial charge in [-0.3, -0.25) is 0 Å². The van der Waals surface area contributed by atoms with Crippen LogP contribution in [-0.4, -0.2) is 0 Å². The van der Waals surface area contributed by atoms with Crippen LogP contribution in [0.2, 0.25) is 0 Å². The van der Waals surface area contributed by atoms with Crippen molar-refractivity contribution in [3.63, 3.8) is 0 Å². The molecule has 202 valence electrons. The van der Waals surface area contributed by atoms with E-state index >= 15 is 0 Å². The molecular weight excluding hydrogens is 531 g/mol. The van der Waals surface area contributed by atoms with Gasteiger partial charge in [-0.15, -0.1) is 11.3 Å². The Morgan fingerprint density at radius 3 is 2.00 bits per heavy atom. The van der Waals surface area contributed by atoms with Crippen molar-refractivity contribution in [3.8, 4) is 27.6 Å². The molecule has 0 fully saturated rings. The third-order valence-corrected chi connectivity index (χ3v) is 10.1. The molecule has 4 heteroatoms. The highest BCUT2D eigenvalue weighted by molar-refractivity contribution is 7.16. The molecule has 0 radical (unpaired) electrons. The van der Waals surface area contributed by atoms with Gasteiger partial charge in [0.1, 0.15) is 0 Å². The Morgan fingerprint density at radius 2 is 1.31 bits per heavy atom. The van der Waals surface area contributed by atoms with Gasteiger partial charge in [0.25, 0.3) is 5.70 Å². The summed E-state index contributed by atoms with van der Waals surface area (Å²) in [6.45, 7) is 16.4. The average Bonchev–Trinajstić information content (AvgIpc) is 3.60. The van der Waals surface area contributed by atoms with E-state index in [1.165, 1.54) is 43.8 Å². The van der Waals surface area contributed by atoms with Crippen LogP contribution in [0.25, 0.3) is 32.5 Å². The first-order valence-electron chi connectivity index (χ1n) is 14.1. The van der Waals surface area contributed by atoms with Gasteiger partial charge in [0.15, 0.2) is 0 Å². The lowest BCUT2D eigenvalue weighted by molar-refractivity contribution is 0.660. The molecule has 1 aromatic heterocycles. The van der Waals surface area contributed by atoms with Crippen LogP contribution in [0.15, 0.2) is 103 Å². The van der Waals surface area contributed by atoms with Crippen molar-refractivity contribution in [1.29, 1.82) is 5.26 Å². The predicted octanol–water partition coefficient (Wildman–Crippen LogP) is 10.6. The molecule has 7 rings (SSSR count). The minimum atomic E-state index is -0.210. The molecule has 0 atom stereocenters. The molecular formula is C38H29N3S. The molecule has 0 aliphatic heterocycles. The highest BCUT2D eigenvalue weighted by Gasteiger charge is 2.39. The number of anilines is 3. The molecule has 0 amide bonds. The number of rotatable bonds is 4. The number of nitriles is 1. The summed E-state index contributed by atoms with van der Waals surface area (Å²) in [5.74, 6) is 0.